The van der Waals surface area contributed by atoms with Crippen molar-refractivity contribution in [3.05, 3.63) is 121 Å². The molecule has 0 bridgehead atoms. The Balaban J connectivity index is 0.000000453. The Labute approximate surface area is 424 Å². The highest BCUT2D eigenvalue weighted by atomic mass is 31.2. The maximum absolute atomic E-state index is 6.12. The van der Waals surface area contributed by atoms with E-state index >= 15 is 0 Å². The van der Waals surface area contributed by atoms with Gasteiger partial charge in [-0.3, -0.25) is 35.5 Å². The molecule has 0 saturated heterocycles. The van der Waals surface area contributed by atoms with Crippen molar-refractivity contribution in [2.75, 3.05) is 160 Å². The van der Waals surface area contributed by atoms with Gasteiger partial charge in [-0.05, 0) is 21.9 Å². The van der Waals surface area contributed by atoms with Gasteiger partial charge in [-0.25, -0.2) is 0 Å². The molecule has 0 unspecified atom stereocenters. The first-order chi connectivity index (χ1) is 30.7. The van der Waals surface area contributed by atoms with E-state index in [0.717, 1.165) is 21.9 Å². The lowest BCUT2D eigenvalue weighted by Crippen LogP contribution is -2.36. The van der Waals surface area contributed by atoms with Gasteiger partial charge in [-0.15, -0.1) is 0 Å². The highest BCUT2D eigenvalue weighted by Crippen LogP contribution is 2.56. The second-order valence-corrected chi connectivity index (χ2v) is 54.8. The molecule has 4 rings (SSSR count). The first-order valence-corrected chi connectivity index (χ1v) is 47.3. The van der Waals surface area contributed by atoms with Crippen LogP contribution in [-0.4, -0.2) is 188 Å². The molecule has 0 aliphatic rings. The molecule has 0 atom stereocenters. The monoisotopic (exact) mass is 1090 g/mol. The molecule has 0 aliphatic carbocycles. The average molecular weight is 1090 g/mol. The molecule has 4 aromatic rings. The van der Waals surface area contributed by atoms with Crippen LogP contribution in [0.2, 0.25) is 0 Å². The van der Waals surface area contributed by atoms with Crippen LogP contribution in [0, 0.1) is 0 Å². The smallest absolute Gasteiger partial charge is 0.251 e. The van der Waals surface area contributed by atoms with Gasteiger partial charge in [0, 0.05) is 0 Å². The molecule has 0 fully saturated rings. The topological polar surface area (TPSA) is 73.8 Å². The third-order valence-corrected chi connectivity index (χ3v) is 14.2. The van der Waals surface area contributed by atoms with Gasteiger partial charge in [0.05, 0.1) is 160 Å². The summed E-state index contributed by atoms with van der Waals surface area (Å²) < 4.78 is 48.9. The summed E-state index contributed by atoms with van der Waals surface area (Å²) in [6, 6.07) is 40.8. The molecular weight excluding hydrogens is 996 g/mol. The summed E-state index contributed by atoms with van der Waals surface area (Å²) in [7, 11) is -11.5. The zero-order chi connectivity index (χ0) is 52.4. The van der Waals surface area contributed by atoms with Crippen LogP contribution in [0.15, 0.2) is 121 Å². The first kappa shape index (κ1) is 66.3. The predicted octanol–water partition coefficient (Wildman–Crippen LogP) is 12.2. The minimum Gasteiger partial charge on any atom is -0.251 e. The van der Waals surface area contributed by atoms with E-state index in [1.807, 2.05) is 72.8 Å². The van der Waals surface area contributed by atoms with E-state index in [1.54, 1.807) is 0 Å². The third-order valence-electron chi connectivity index (χ3n) is 7.58. The Morgan fingerprint density at radius 3 is 0.382 bits per heavy atom. The minimum absolute atomic E-state index is 0.224. The fourth-order valence-corrected chi connectivity index (χ4v) is 11.5. The second kappa shape index (κ2) is 29.4. The maximum Gasteiger partial charge on any atom is 0.576 e. The predicted molar refractivity (Wildman–Crippen MR) is 334 cm³/mol. The Morgan fingerprint density at radius 1 is 0.191 bits per heavy atom. The molecule has 4 aromatic carbocycles. The summed E-state index contributed by atoms with van der Waals surface area (Å²) in [6.07, 6.45) is 0. The van der Waals surface area contributed by atoms with Crippen LogP contribution in [0.25, 0.3) is 0 Å². The van der Waals surface area contributed by atoms with E-state index in [2.05, 4.69) is 208 Å². The summed E-state index contributed by atoms with van der Waals surface area (Å²) in [5.74, 6) is 0. The highest BCUT2D eigenvalue weighted by molar-refractivity contribution is 7.73. The van der Waals surface area contributed by atoms with Crippen LogP contribution >= 0.6 is 59.9 Å². The number of benzene rings is 4. The van der Waals surface area contributed by atoms with Crippen molar-refractivity contribution in [3.63, 3.8) is 0 Å². The maximum atomic E-state index is 6.12. The van der Waals surface area contributed by atoms with Gasteiger partial charge in [-0.2, -0.15) is 0 Å². The van der Waals surface area contributed by atoms with Gasteiger partial charge >= 0.3 is 28.5 Å². The van der Waals surface area contributed by atoms with Crippen molar-refractivity contribution in [1.29, 1.82) is 0 Å². The molecule has 0 aromatic heterocycles. The Kier molecular flexibility index (Phi) is 28.6. The molecule has 8 nitrogen and oxygen atoms in total. The molecule has 0 radical (unpaired) electrons. The third kappa shape index (κ3) is 36.2. The highest BCUT2D eigenvalue weighted by Gasteiger charge is 2.43. The van der Waals surface area contributed by atoms with Crippen LogP contribution in [0.1, 0.15) is 0 Å². The van der Waals surface area contributed by atoms with E-state index in [0.29, 0.717) is 0 Å². The van der Waals surface area contributed by atoms with Crippen molar-refractivity contribution in [1.82, 2.24) is 0 Å². The van der Waals surface area contributed by atoms with Crippen molar-refractivity contribution in [2.24, 2.45) is 0 Å². The van der Waals surface area contributed by atoms with E-state index in [4.69, 9.17) is 35.5 Å². The standard InChI is InChI=1S/4C12H23BO2P2/c4*1-16(2,3)14-13(15-17(4,5)6)12-10-8-7-9-11-12/h4*7-11H,1-6H3/q4*+2. The normalized spacial score (nSPS) is 12.6. The van der Waals surface area contributed by atoms with E-state index < -0.39 is 59.9 Å². The molecule has 0 aliphatic heterocycles. The van der Waals surface area contributed by atoms with Gasteiger partial charge in [0.15, 0.2) is 0 Å². The van der Waals surface area contributed by atoms with Gasteiger partial charge in [0.2, 0.25) is 0 Å². The summed E-state index contributed by atoms with van der Waals surface area (Å²) in [5, 5.41) is 0. The molecule has 68 heavy (non-hydrogen) atoms. The summed E-state index contributed by atoms with van der Waals surface area (Å²) >= 11 is 0. The zero-order valence-corrected chi connectivity index (χ0v) is 53.9. The number of hydrogen-bond donors (Lipinski definition) is 0. The van der Waals surface area contributed by atoms with Crippen LogP contribution in [-0.2, 0) is 35.5 Å². The average Bonchev–Trinajstić information content (AvgIpc) is 3.15. The van der Waals surface area contributed by atoms with Crippen molar-refractivity contribution < 1.29 is 35.5 Å². The molecular formula is C48H92B4O8P8+8. The van der Waals surface area contributed by atoms with Gasteiger partial charge in [0.25, 0.3) is 0 Å². The quantitative estimate of drug-likeness (QED) is 0.0640. The lowest BCUT2D eigenvalue weighted by molar-refractivity contribution is 0.485. The molecule has 0 spiro atoms. The molecule has 0 amide bonds. The van der Waals surface area contributed by atoms with E-state index in [-0.39, 0.29) is 28.5 Å². The fraction of sp³-hybridized carbons (Fsp3) is 0.500. The molecule has 0 saturated carbocycles. The second-order valence-electron chi connectivity index (χ2n) is 22.9. The minimum atomic E-state index is -1.33. The van der Waals surface area contributed by atoms with Crippen LogP contribution in [0.5, 0.6) is 0 Å². The Hall–Kier alpha value is 0.260. The number of hydrogen-bond acceptors (Lipinski definition) is 8. The van der Waals surface area contributed by atoms with Gasteiger partial charge in [-0.1, -0.05) is 121 Å². The first-order valence-electron chi connectivity index (χ1n) is 22.9. The molecule has 0 N–H and O–H groups in total. The summed E-state index contributed by atoms with van der Waals surface area (Å²) in [5.41, 5.74) is 4.43. The summed E-state index contributed by atoms with van der Waals surface area (Å²) in [6.45, 7) is 51.8. The van der Waals surface area contributed by atoms with Crippen molar-refractivity contribution in [2.45, 2.75) is 0 Å². The molecule has 20 heteroatoms. The lowest BCUT2D eigenvalue weighted by Gasteiger charge is -2.20. The number of rotatable bonds is 20. The molecule has 0 heterocycles. The van der Waals surface area contributed by atoms with Crippen LogP contribution < -0.4 is 21.9 Å². The largest absolute Gasteiger partial charge is 0.576 e. The van der Waals surface area contributed by atoms with Crippen molar-refractivity contribution in [3.8, 4) is 0 Å². The van der Waals surface area contributed by atoms with Crippen molar-refractivity contribution >= 4 is 110 Å². The molecule has 376 valence electrons. The fourth-order valence-electron chi connectivity index (χ4n) is 5.30. The lowest BCUT2D eigenvalue weighted by atomic mass is 9.80. The Morgan fingerprint density at radius 2 is 0.294 bits per heavy atom. The SMILES string of the molecule is C[P+](C)(C)OB(O[P+](C)(C)C)c1ccccc1.C[P+](C)(C)OB(O[P+](C)(C)C)c1ccccc1.C[P+](C)(C)OB(O[P+](C)(C)C)c1ccccc1.C[P+](C)(C)OB(O[P+](C)(C)C)c1ccccc1. The Bertz CT molecular complexity index is 1600. The van der Waals surface area contributed by atoms with Crippen LogP contribution in [0.3, 0.4) is 0 Å². The van der Waals surface area contributed by atoms with Gasteiger partial charge in [0.1, 0.15) is 59.9 Å². The van der Waals surface area contributed by atoms with E-state index in [1.165, 1.54) is 0 Å². The summed E-state index contributed by atoms with van der Waals surface area (Å²) in [4.78, 5) is 0. The van der Waals surface area contributed by atoms with Crippen LogP contribution in [0.4, 0.5) is 0 Å². The van der Waals surface area contributed by atoms with Gasteiger partial charge < -0.3 is 0 Å². The zero-order valence-electron chi connectivity index (χ0n) is 46.7. The van der Waals surface area contributed by atoms with E-state index in [9.17, 15) is 0 Å².